The normalized spacial score (nSPS) is 32.5. The molecule has 0 radical (unpaired) electrons. The molecule has 1 heterocycles. The average molecular weight is 205 g/mol. The van der Waals surface area contributed by atoms with E-state index in [1.54, 1.807) is 17.3 Å². The van der Waals surface area contributed by atoms with Crippen LogP contribution in [-0.2, 0) is 4.79 Å². The molecule has 0 bridgehead atoms. The summed E-state index contributed by atoms with van der Waals surface area (Å²) in [6.45, 7) is 0. The Hall–Kier alpha value is -1.32. The van der Waals surface area contributed by atoms with Gasteiger partial charge in [-0.2, -0.15) is 5.10 Å². The Kier molecular flexibility index (Phi) is 1.69. The molecule has 1 aromatic heterocycles. The number of hydrogen-bond donors (Lipinski definition) is 1. The van der Waals surface area contributed by atoms with Gasteiger partial charge < -0.3 is 4.90 Å². The zero-order valence-corrected chi connectivity index (χ0v) is 8.86. The molecule has 3 rings (SSSR count). The zero-order chi connectivity index (χ0) is 10.5. The molecule has 0 spiro atoms. The van der Waals surface area contributed by atoms with Crippen molar-refractivity contribution in [1.82, 2.24) is 10.2 Å². The van der Waals surface area contributed by atoms with E-state index in [0.717, 1.165) is 18.5 Å². The van der Waals surface area contributed by atoms with Crippen molar-refractivity contribution in [3.05, 3.63) is 12.4 Å². The smallest absolute Gasteiger partial charge is 0.233 e. The minimum Gasteiger partial charge on any atom is -0.312 e. The van der Waals surface area contributed by atoms with E-state index in [9.17, 15) is 4.79 Å². The fourth-order valence-corrected chi connectivity index (χ4v) is 2.98. The summed E-state index contributed by atoms with van der Waals surface area (Å²) < 4.78 is 0. The van der Waals surface area contributed by atoms with Crippen molar-refractivity contribution >= 4 is 11.6 Å². The quantitative estimate of drug-likeness (QED) is 0.796. The number of amides is 1. The van der Waals surface area contributed by atoms with Crippen molar-refractivity contribution in [3.8, 4) is 0 Å². The first kappa shape index (κ1) is 8.95. The number of fused-ring (bicyclic) bond motifs is 1. The Morgan fingerprint density at radius 3 is 3.13 bits per heavy atom. The van der Waals surface area contributed by atoms with Crippen LogP contribution < -0.4 is 4.90 Å². The molecule has 4 heteroatoms. The first-order chi connectivity index (χ1) is 7.24. The molecule has 0 aliphatic heterocycles. The zero-order valence-electron chi connectivity index (χ0n) is 8.86. The Balaban J connectivity index is 1.81. The third-order valence-electron chi connectivity index (χ3n) is 4.01. The van der Waals surface area contributed by atoms with Gasteiger partial charge in [-0.05, 0) is 25.2 Å². The third kappa shape index (κ3) is 1.14. The lowest BCUT2D eigenvalue weighted by Gasteiger charge is -2.20. The van der Waals surface area contributed by atoms with Gasteiger partial charge in [0.25, 0.3) is 0 Å². The maximum Gasteiger partial charge on any atom is 0.233 e. The maximum absolute atomic E-state index is 12.3. The monoisotopic (exact) mass is 205 g/mol. The van der Waals surface area contributed by atoms with Crippen LogP contribution in [0.4, 0.5) is 5.69 Å². The van der Waals surface area contributed by atoms with Gasteiger partial charge in [-0.1, -0.05) is 6.42 Å². The molecular weight excluding hydrogens is 190 g/mol. The van der Waals surface area contributed by atoms with Crippen LogP contribution in [0.5, 0.6) is 0 Å². The number of carbonyl (C=O) groups excluding carboxylic acids is 1. The molecule has 1 N–H and O–H groups in total. The highest BCUT2D eigenvalue weighted by molar-refractivity contribution is 5.99. The Bertz CT molecular complexity index is 387. The standard InChI is InChI=1S/C11H15N3O/c1-14(9-6-12-13-7-9)10(15)11-4-2-3-8(11)5-11/h6-8H,2-5H2,1H3,(H,12,13)/t8-,11-/m1/s1. The Morgan fingerprint density at radius 2 is 2.60 bits per heavy atom. The highest BCUT2D eigenvalue weighted by Gasteiger charge is 2.62. The number of hydrogen-bond acceptors (Lipinski definition) is 2. The predicted octanol–water partition coefficient (Wildman–Crippen LogP) is 1.56. The third-order valence-corrected chi connectivity index (χ3v) is 4.01. The first-order valence-electron chi connectivity index (χ1n) is 5.51. The summed E-state index contributed by atoms with van der Waals surface area (Å²) in [4.78, 5) is 14.0. The molecule has 2 saturated carbocycles. The van der Waals surface area contributed by atoms with Gasteiger partial charge in [0.15, 0.2) is 0 Å². The average Bonchev–Trinajstić information content (AvgIpc) is 2.73. The van der Waals surface area contributed by atoms with Gasteiger partial charge in [-0.3, -0.25) is 9.89 Å². The largest absolute Gasteiger partial charge is 0.312 e. The SMILES string of the molecule is CN(C(=O)[C@@]12CCC[C@@H]1C2)c1cn[nH]c1. The number of aromatic nitrogens is 2. The summed E-state index contributed by atoms with van der Waals surface area (Å²) in [5.74, 6) is 0.950. The molecule has 2 atom stereocenters. The van der Waals surface area contributed by atoms with Gasteiger partial charge in [0, 0.05) is 13.2 Å². The molecule has 4 nitrogen and oxygen atoms in total. The Labute approximate surface area is 88.7 Å². The van der Waals surface area contributed by atoms with Crippen molar-refractivity contribution in [2.24, 2.45) is 11.3 Å². The van der Waals surface area contributed by atoms with Crippen LogP contribution in [0.2, 0.25) is 0 Å². The van der Waals surface area contributed by atoms with Gasteiger partial charge in [-0.25, -0.2) is 0 Å². The van der Waals surface area contributed by atoms with E-state index in [4.69, 9.17) is 0 Å². The van der Waals surface area contributed by atoms with Crippen molar-refractivity contribution < 1.29 is 4.79 Å². The molecule has 2 aliphatic rings. The van der Waals surface area contributed by atoms with Crippen molar-refractivity contribution in [3.63, 3.8) is 0 Å². The topological polar surface area (TPSA) is 49.0 Å². The van der Waals surface area contributed by atoms with Gasteiger partial charge in [0.05, 0.1) is 17.3 Å². The van der Waals surface area contributed by atoms with E-state index >= 15 is 0 Å². The van der Waals surface area contributed by atoms with Crippen LogP contribution in [0.3, 0.4) is 0 Å². The molecule has 0 aromatic carbocycles. The highest BCUT2D eigenvalue weighted by atomic mass is 16.2. The van der Waals surface area contributed by atoms with Crippen molar-refractivity contribution in [1.29, 1.82) is 0 Å². The summed E-state index contributed by atoms with van der Waals surface area (Å²) in [7, 11) is 1.84. The number of nitrogens with one attached hydrogen (secondary N) is 1. The summed E-state index contributed by atoms with van der Waals surface area (Å²) in [5, 5.41) is 6.61. The van der Waals surface area contributed by atoms with Crippen LogP contribution in [0.1, 0.15) is 25.7 Å². The second-order valence-electron chi connectivity index (χ2n) is 4.77. The van der Waals surface area contributed by atoms with Crippen LogP contribution >= 0.6 is 0 Å². The number of nitrogens with zero attached hydrogens (tertiary/aromatic N) is 2. The van der Waals surface area contributed by atoms with Crippen LogP contribution in [0.15, 0.2) is 12.4 Å². The maximum atomic E-state index is 12.3. The molecule has 80 valence electrons. The molecular formula is C11H15N3O. The first-order valence-corrected chi connectivity index (χ1v) is 5.51. The fourth-order valence-electron chi connectivity index (χ4n) is 2.98. The summed E-state index contributed by atoms with van der Waals surface area (Å²) in [6.07, 6.45) is 8.11. The van der Waals surface area contributed by atoms with Crippen LogP contribution in [0.25, 0.3) is 0 Å². The molecule has 1 aromatic rings. The lowest BCUT2D eigenvalue weighted by Crippen LogP contribution is -2.33. The predicted molar refractivity (Wildman–Crippen MR) is 56.4 cm³/mol. The minimum absolute atomic E-state index is 0.00597. The van der Waals surface area contributed by atoms with Gasteiger partial charge in [-0.15, -0.1) is 0 Å². The van der Waals surface area contributed by atoms with Gasteiger partial charge in [0.1, 0.15) is 0 Å². The lowest BCUT2D eigenvalue weighted by molar-refractivity contribution is -0.123. The molecule has 0 saturated heterocycles. The number of H-pyrrole nitrogens is 1. The van der Waals surface area contributed by atoms with E-state index in [1.807, 2.05) is 7.05 Å². The summed E-state index contributed by atoms with van der Waals surface area (Å²) in [5.41, 5.74) is 0.873. The lowest BCUT2D eigenvalue weighted by atomic mass is 10.0. The van der Waals surface area contributed by atoms with E-state index < -0.39 is 0 Å². The summed E-state index contributed by atoms with van der Waals surface area (Å²) >= 11 is 0. The second kappa shape index (κ2) is 2.84. The summed E-state index contributed by atoms with van der Waals surface area (Å²) in [6, 6.07) is 0. The fraction of sp³-hybridized carbons (Fsp3) is 0.636. The molecule has 2 aliphatic carbocycles. The van der Waals surface area contributed by atoms with E-state index in [-0.39, 0.29) is 11.3 Å². The van der Waals surface area contributed by atoms with E-state index in [2.05, 4.69) is 10.2 Å². The minimum atomic E-state index is 0.00597. The number of aromatic amines is 1. The number of carbonyl (C=O) groups is 1. The van der Waals surface area contributed by atoms with Gasteiger partial charge in [0.2, 0.25) is 5.91 Å². The van der Waals surface area contributed by atoms with Crippen LogP contribution in [-0.4, -0.2) is 23.2 Å². The van der Waals surface area contributed by atoms with Gasteiger partial charge >= 0.3 is 0 Å². The second-order valence-corrected chi connectivity index (χ2v) is 4.77. The van der Waals surface area contributed by atoms with Crippen molar-refractivity contribution in [2.75, 3.05) is 11.9 Å². The van der Waals surface area contributed by atoms with Crippen molar-refractivity contribution in [2.45, 2.75) is 25.7 Å². The molecule has 1 amide bonds. The Morgan fingerprint density at radius 1 is 1.73 bits per heavy atom. The van der Waals surface area contributed by atoms with Crippen LogP contribution in [0, 0.1) is 11.3 Å². The molecule has 15 heavy (non-hydrogen) atoms. The van der Waals surface area contributed by atoms with E-state index in [0.29, 0.717) is 5.92 Å². The highest BCUT2D eigenvalue weighted by Crippen LogP contribution is 2.64. The van der Waals surface area contributed by atoms with E-state index in [1.165, 1.54) is 12.8 Å². The molecule has 2 fully saturated rings. The molecule has 0 unspecified atom stereocenters. The number of rotatable bonds is 2. The number of anilines is 1.